The molecule has 78 valence electrons. The molecular formula is C12H8FN3. The monoisotopic (exact) mass is 213 g/mol. The molecule has 2 aromatic heterocycles. The minimum absolute atomic E-state index is 0.453. The van der Waals surface area contributed by atoms with E-state index < -0.39 is 5.95 Å². The lowest BCUT2D eigenvalue weighted by Crippen LogP contribution is -1.87. The standard InChI is InChI=1S/C12H8FN3/c13-12-10(2-1-5-14-12)8-3-4-11-9(6-8)7-15-16-11/h1-7H,(H,15,16). The minimum Gasteiger partial charge on any atom is -0.278 e. The van der Waals surface area contributed by atoms with Gasteiger partial charge in [0, 0.05) is 17.1 Å². The molecule has 16 heavy (non-hydrogen) atoms. The van der Waals surface area contributed by atoms with Crippen LogP contribution < -0.4 is 0 Å². The molecule has 0 spiro atoms. The molecular weight excluding hydrogens is 205 g/mol. The van der Waals surface area contributed by atoms with Crippen LogP contribution in [0.3, 0.4) is 0 Å². The Kier molecular flexibility index (Phi) is 1.93. The maximum absolute atomic E-state index is 13.5. The normalized spacial score (nSPS) is 10.8. The van der Waals surface area contributed by atoms with E-state index in [4.69, 9.17) is 0 Å². The predicted molar refractivity (Wildman–Crippen MR) is 59.3 cm³/mol. The second-order valence-corrected chi connectivity index (χ2v) is 3.51. The third-order valence-corrected chi connectivity index (χ3v) is 2.51. The Morgan fingerprint density at radius 3 is 3.00 bits per heavy atom. The first-order chi connectivity index (χ1) is 7.84. The molecule has 0 aliphatic rings. The number of benzene rings is 1. The highest BCUT2D eigenvalue weighted by molar-refractivity contribution is 5.83. The fraction of sp³-hybridized carbons (Fsp3) is 0. The van der Waals surface area contributed by atoms with Gasteiger partial charge >= 0.3 is 0 Å². The summed E-state index contributed by atoms with van der Waals surface area (Å²) < 4.78 is 13.5. The van der Waals surface area contributed by atoms with Crippen LogP contribution in [0.25, 0.3) is 22.0 Å². The van der Waals surface area contributed by atoms with Crippen LogP contribution in [0.4, 0.5) is 4.39 Å². The van der Waals surface area contributed by atoms with Gasteiger partial charge in [0.2, 0.25) is 5.95 Å². The maximum Gasteiger partial charge on any atom is 0.220 e. The number of aromatic nitrogens is 3. The van der Waals surface area contributed by atoms with Crippen molar-refractivity contribution in [2.24, 2.45) is 0 Å². The molecule has 0 atom stereocenters. The summed E-state index contributed by atoms with van der Waals surface area (Å²) in [4.78, 5) is 3.63. The Bertz CT molecular complexity index is 645. The summed E-state index contributed by atoms with van der Waals surface area (Å²) in [5.74, 6) is -0.453. The summed E-state index contributed by atoms with van der Waals surface area (Å²) in [5.41, 5.74) is 2.25. The first-order valence-corrected chi connectivity index (χ1v) is 4.88. The Morgan fingerprint density at radius 1 is 1.19 bits per heavy atom. The van der Waals surface area contributed by atoms with E-state index >= 15 is 0 Å². The number of aromatic amines is 1. The summed E-state index contributed by atoms with van der Waals surface area (Å²) in [7, 11) is 0. The third-order valence-electron chi connectivity index (χ3n) is 2.51. The van der Waals surface area contributed by atoms with Crippen molar-refractivity contribution in [1.82, 2.24) is 15.2 Å². The molecule has 0 radical (unpaired) electrons. The number of pyridine rings is 1. The lowest BCUT2D eigenvalue weighted by molar-refractivity contribution is 0.587. The number of hydrogen-bond donors (Lipinski definition) is 1. The second kappa shape index (κ2) is 3.41. The Labute approximate surface area is 91.0 Å². The molecule has 0 saturated heterocycles. The van der Waals surface area contributed by atoms with Crippen LogP contribution in [0.2, 0.25) is 0 Å². The zero-order valence-electron chi connectivity index (χ0n) is 8.31. The van der Waals surface area contributed by atoms with Gasteiger partial charge in [-0.2, -0.15) is 9.49 Å². The number of nitrogens with one attached hydrogen (secondary N) is 1. The molecule has 0 amide bonds. The Hall–Kier alpha value is -2.23. The van der Waals surface area contributed by atoms with Gasteiger partial charge in [0.05, 0.1) is 11.7 Å². The molecule has 3 aromatic rings. The van der Waals surface area contributed by atoms with Crippen molar-refractivity contribution in [3.63, 3.8) is 0 Å². The van der Waals surface area contributed by atoms with Gasteiger partial charge in [0.15, 0.2) is 0 Å². The highest BCUT2D eigenvalue weighted by Gasteiger charge is 2.06. The third kappa shape index (κ3) is 1.35. The van der Waals surface area contributed by atoms with E-state index in [0.717, 1.165) is 16.5 Å². The van der Waals surface area contributed by atoms with Gasteiger partial charge in [0.25, 0.3) is 0 Å². The molecule has 4 heteroatoms. The van der Waals surface area contributed by atoms with Gasteiger partial charge < -0.3 is 0 Å². The second-order valence-electron chi connectivity index (χ2n) is 3.51. The van der Waals surface area contributed by atoms with E-state index in [2.05, 4.69) is 15.2 Å². The van der Waals surface area contributed by atoms with Crippen LogP contribution in [0.15, 0.2) is 42.7 Å². The van der Waals surface area contributed by atoms with Crippen molar-refractivity contribution in [3.8, 4) is 11.1 Å². The molecule has 3 rings (SSSR count). The topological polar surface area (TPSA) is 41.6 Å². The van der Waals surface area contributed by atoms with Crippen molar-refractivity contribution in [2.45, 2.75) is 0 Å². The van der Waals surface area contributed by atoms with E-state index in [1.54, 1.807) is 18.3 Å². The van der Waals surface area contributed by atoms with Crippen LogP contribution in [0, 0.1) is 5.95 Å². The average molecular weight is 213 g/mol. The van der Waals surface area contributed by atoms with E-state index in [0.29, 0.717) is 5.56 Å². The number of H-pyrrole nitrogens is 1. The first-order valence-electron chi connectivity index (χ1n) is 4.88. The lowest BCUT2D eigenvalue weighted by atomic mass is 10.1. The van der Waals surface area contributed by atoms with Crippen molar-refractivity contribution in [3.05, 3.63) is 48.7 Å². The molecule has 0 aliphatic heterocycles. The quantitative estimate of drug-likeness (QED) is 0.631. The Balaban J connectivity index is 2.22. The molecule has 1 N–H and O–H groups in total. The molecule has 0 saturated carbocycles. The average Bonchev–Trinajstić information content (AvgIpc) is 2.76. The first kappa shape index (κ1) is 9.03. The van der Waals surface area contributed by atoms with Crippen molar-refractivity contribution in [2.75, 3.05) is 0 Å². The van der Waals surface area contributed by atoms with Gasteiger partial charge in [-0.3, -0.25) is 5.10 Å². The number of fused-ring (bicyclic) bond motifs is 1. The molecule has 0 bridgehead atoms. The summed E-state index contributed by atoms with van der Waals surface area (Å²) in [6, 6.07) is 9.05. The molecule has 0 fully saturated rings. The number of rotatable bonds is 1. The number of halogens is 1. The SMILES string of the molecule is Fc1ncccc1-c1ccc2[nH]ncc2c1. The predicted octanol–water partition coefficient (Wildman–Crippen LogP) is 2.76. The van der Waals surface area contributed by atoms with Gasteiger partial charge in [0.1, 0.15) is 0 Å². The van der Waals surface area contributed by atoms with Gasteiger partial charge in [-0.25, -0.2) is 4.98 Å². The molecule has 0 aliphatic carbocycles. The van der Waals surface area contributed by atoms with Crippen LogP contribution in [0.1, 0.15) is 0 Å². The molecule has 1 aromatic carbocycles. The van der Waals surface area contributed by atoms with Crippen LogP contribution in [-0.2, 0) is 0 Å². The zero-order chi connectivity index (χ0) is 11.0. The van der Waals surface area contributed by atoms with Gasteiger partial charge in [-0.05, 0) is 29.8 Å². The summed E-state index contributed by atoms with van der Waals surface area (Å²) in [5, 5.41) is 7.74. The van der Waals surface area contributed by atoms with E-state index in [9.17, 15) is 4.39 Å². The van der Waals surface area contributed by atoms with Gasteiger partial charge in [-0.1, -0.05) is 6.07 Å². The van der Waals surface area contributed by atoms with Crippen molar-refractivity contribution >= 4 is 10.9 Å². The Morgan fingerprint density at radius 2 is 2.12 bits per heavy atom. The highest BCUT2D eigenvalue weighted by Crippen LogP contribution is 2.24. The molecule has 0 unspecified atom stereocenters. The largest absolute Gasteiger partial charge is 0.278 e. The fourth-order valence-corrected chi connectivity index (χ4v) is 1.71. The smallest absolute Gasteiger partial charge is 0.220 e. The lowest BCUT2D eigenvalue weighted by Gasteiger charge is -2.01. The van der Waals surface area contributed by atoms with E-state index in [1.165, 1.54) is 6.20 Å². The molecule has 2 heterocycles. The highest BCUT2D eigenvalue weighted by atomic mass is 19.1. The number of hydrogen-bond acceptors (Lipinski definition) is 2. The van der Waals surface area contributed by atoms with Crippen molar-refractivity contribution < 1.29 is 4.39 Å². The summed E-state index contributed by atoms with van der Waals surface area (Å²) in [6.45, 7) is 0. The zero-order valence-corrected chi connectivity index (χ0v) is 8.31. The maximum atomic E-state index is 13.5. The number of nitrogens with zero attached hydrogens (tertiary/aromatic N) is 2. The summed E-state index contributed by atoms with van der Waals surface area (Å²) in [6.07, 6.45) is 3.16. The minimum atomic E-state index is -0.453. The van der Waals surface area contributed by atoms with E-state index in [-0.39, 0.29) is 0 Å². The van der Waals surface area contributed by atoms with Crippen LogP contribution in [0.5, 0.6) is 0 Å². The van der Waals surface area contributed by atoms with Gasteiger partial charge in [-0.15, -0.1) is 0 Å². The van der Waals surface area contributed by atoms with E-state index in [1.807, 2.05) is 18.2 Å². The fourth-order valence-electron chi connectivity index (χ4n) is 1.71. The van der Waals surface area contributed by atoms with Crippen LogP contribution in [-0.4, -0.2) is 15.2 Å². The molecule has 3 nitrogen and oxygen atoms in total. The summed E-state index contributed by atoms with van der Waals surface area (Å²) >= 11 is 0. The van der Waals surface area contributed by atoms with Crippen LogP contribution >= 0.6 is 0 Å². The van der Waals surface area contributed by atoms with Crippen molar-refractivity contribution in [1.29, 1.82) is 0 Å².